The van der Waals surface area contributed by atoms with Crippen LogP contribution in [-0.2, 0) is 0 Å². The number of anilines is 1. The molecule has 3 aliphatic rings. The van der Waals surface area contributed by atoms with Crippen LogP contribution in [0.1, 0.15) is 11.1 Å². The van der Waals surface area contributed by atoms with E-state index >= 15 is 0 Å². The van der Waals surface area contributed by atoms with Crippen molar-refractivity contribution in [2.45, 2.75) is 12.1 Å². The summed E-state index contributed by atoms with van der Waals surface area (Å²) in [5.74, 6) is 0.975. The Balaban J connectivity index is 1.21. The fraction of sp³-hybridized carbons (Fsp3) is 0.0571. The molecule has 0 N–H and O–H groups in total. The molecule has 2 atom stereocenters. The third kappa shape index (κ3) is 3.37. The Kier molecular flexibility index (Phi) is 4.68. The number of benzene rings is 4. The van der Waals surface area contributed by atoms with Crippen LogP contribution in [0.15, 0.2) is 126 Å². The number of allylic oxidation sites excluding steroid dienone is 2. The van der Waals surface area contributed by atoms with Gasteiger partial charge in [0.15, 0.2) is 0 Å². The van der Waals surface area contributed by atoms with Gasteiger partial charge in [-0.25, -0.2) is 4.98 Å². The normalized spacial score (nSPS) is 18.1. The molecule has 0 saturated heterocycles. The SMILES string of the molecule is N#Cc1ccc2c(c1)N1C(=NC3C=CC=CC31)c1ccc(-c3ccc(-c4ccc5ccccc5n4)cc3)cc1-2. The molecule has 0 saturated carbocycles. The van der Waals surface area contributed by atoms with Crippen LogP contribution < -0.4 is 4.90 Å². The summed E-state index contributed by atoms with van der Waals surface area (Å²) in [6.07, 6.45) is 8.51. The van der Waals surface area contributed by atoms with Crippen LogP contribution in [0.2, 0.25) is 0 Å². The highest BCUT2D eigenvalue weighted by Gasteiger charge is 2.40. The van der Waals surface area contributed by atoms with Gasteiger partial charge < -0.3 is 4.90 Å². The molecule has 5 aromatic rings. The molecule has 3 heterocycles. The second-order valence-corrected chi connectivity index (χ2v) is 10.1. The first-order chi connectivity index (χ1) is 19.3. The first-order valence-electron chi connectivity index (χ1n) is 13.1. The van der Waals surface area contributed by atoms with E-state index in [-0.39, 0.29) is 12.1 Å². The van der Waals surface area contributed by atoms with Crippen molar-refractivity contribution < 1.29 is 0 Å². The van der Waals surface area contributed by atoms with E-state index in [1.165, 1.54) is 0 Å². The second kappa shape index (κ2) is 8.37. The van der Waals surface area contributed by atoms with Gasteiger partial charge in [0, 0.05) is 22.1 Å². The molecule has 4 heteroatoms. The van der Waals surface area contributed by atoms with Gasteiger partial charge in [0.25, 0.3) is 0 Å². The van der Waals surface area contributed by atoms with Gasteiger partial charge in [-0.15, -0.1) is 0 Å². The molecule has 4 aromatic carbocycles. The number of hydrogen-bond acceptors (Lipinski definition) is 4. The smallest absolute Gasteiger partial charge is 0.137 e. The van der Waals surface area contributed by atoms with Gasteiger partial charge in [0.05, 0.1) is 40.6 Å². The van der Waals surface area contributed by atoms with E-state index in [0.29, 0.717) is 5.56 Å². The van der Waals surface area contributed by atoms with Crippen LogP contribution in [0.5, 0.6) is 0 Å². The van der Waals surface area contributed by atoms with Gasteiger partial charge in [-0.05, 0) is 47.0 Å². The molecule has 0 fully saturated rings. The summed E-state index contributed by atoms with van der Waals surface area (Å²) in [5.41, 5.74) is 10.5. The molecule has 2 aliphatic heterocycles. The number of aliphatic imine (C=N–C) groups is 1. The second-order valence-electron chi connectivity index (χ2n) is 10.1. The Labute approximate surface area is 226 Å². The minimum absolute atomic E-state index is 0.0745. The quantitative estimate of drug-likeness (QED) is 0.252. The molecule has 1 aromatic heterocycles. The van der Waals surface area contributed by atoms with Crippen LogP contribution in [0.25, 0.3) is 44.4 Å². The average molecular weight is 499 g/mol. The summed E-state index contributed by atoms with van der Waals surface area (Å²) >= 11 is 0. The summed E-state index contributed by atoms with van der Waals surface area (Å²) < 4.78 is 0. The van der Waals surface area contributed by atoms with Gasteiger partial charge in [-0.2, -0.15) is 5.26 Å². The third-order valence-corrected chi connectivity index (χ3v) is 7.92. The maximum absolute atomic E-state index is 9.63. The summed E-state index contributed by atoms with van der Waals surface area (Å²) in [6.45, 7) is 0. The van der Waals surface area contributed by atoms with Crippen molar-refractivity contribution >= 4 is 22.4 Å². The Bertz CT molecular complexity index is 1940. The molecular formula is C35H22N4. The topological polar surface area (TPSA) is 52.3 Å². The highest BCUT2D eigenvalue weighted by molar-refractivity contribution is 6.21. The zero-order chi connectivity index (χ0) is 25.9. The number of amidine groups is 1. The Hall–Kier alpha value is -5.27. The van der Waals surface area contributed by atoms with Gasteiger partial charge in [0.1, 0.15) is 5.84 Å². The van der Waals surface area contributed by atoms with Crippen molar-refractivity contribution in [3.05, 3.63) is 132 Å². The number of rotatable bonds is 2. The Morgan fingerprint density at radius 1 is 0.692 bits per heavy atom. The molecule has 4 nitrogen and oxygen atoms in total. The van der Waals surface area contributed by atoms with Crippen molar-refractivity contribution in [3.8, 4) is 39.6 Å². The fourth-order valence-corrected chi connectivity index (χ4v) is 5.99. The maximum atomic E-state index is 9.63. The molecule has 182 valence electrons. The molecule has 0 radical (unpaired) electrons. The van der Waals surface area contributed by atoms with Gasteiger partial charge in [-0.1, -0.05) is 91.0 Å². The van der Waals surface area contributed by atoms with E-state index in [2.05, 4.69) is 108 Å². The van der Waals surface area contributed by atoms with Crippen LogP contribution >= 0.6 is 0 Å². The predicted octanol–water partition coefficient (Wildman–Crippen LogP) is 7.55. The lowest BCUT2D eigenvalue weighted by Crippen LogP contribution is -2.41. The molecule has 0 bridgehead atoms. The first kappa shape index (κ1) is 21.8. The van der Waals surface area contributed by atoms with Crippen LogP contribution in [-0.4, -0.2) is 22.9 Å². The zero-order valence-corrected chi connectivity index (χ0v) is 21.0. The first-order valence-corrected chi connectivity index (χ1v) is 13.1. The average Bonchev–Trinajstić information content (AvgIpc) is 3.40. The number of pyridine rings is 1. The predicted molar refractivity (Wildman–Crippen MR) is 158 cm³/mol. The molecule has 39 heavy (non-hydrogen) atoms. The molecular weight excluding hydrogens is 476 g/mol. The standard InChI is InChI=1S/C35H22N4/c36-21-22-9-16-27-29-20-26(14-17-28(29)35-38-32-7-3-4-8-33(32)39(35)34(27)19-22)23-10-12-25(13-11-23)31-18-15-24-5-1-2-6-30(24)37-31/h1-20,32-33H. The van der Waals surface area contributed by atoms with E-state index in [1.54, 1.807) is 0 Å². The number of fused-ring (bicyclic) bond motifs is 9. The van der Waals surface area contributed by atoms with Gasteiger partial charge in [0.2, 0.25) is 0 Å². The fourth-order valence-electron chi connectivity index (χ4n) is 5.99. The van der Waals surface area contributed by atoms with E-state index in [1.807, 2.05) is 24.3 Å². The lowest BCUT2D eigenvalue weighted by Gasteiger charge is -2.35. The summed E-state index contributed by atoms with van der Waals surface area (Å²) in [7, 11) is 0. The molecule has 2 unspecified atom stereocenters. The summed E-state index contributed by atoms with van der Waals surface area (Å²) in [5, 5.41) is 10.8. The number of nitrogens with zero attached hydrogens (tertiary/aromatic N) is 4. The van der Waals surface area contributed by atoms with Crippen molar-refractivity contribution in [2.24, 2.45) is 4.99 Å². The van der Waals surface area contributed by atoms with E-state index in [0.717, 1.165) is 61.5 Å². The summed E-state index contributed by atoms with van der Waals surface area (Å²) in [4.78, 5) is 12.3. The van der Waals surface area contributed by atoms with Gasteiger partial charge >= 0.3 is 0 Å². The summed E-state index contributed by atoms with van der Waals surface area (Å²) in [6, 6.07) is 36.2. The number of aromatic nitrogens is 1. The van der Waals surface area contributed by atoms with Crippen LogP contribution in [0.3, 0.4) is 0 Å². The van der Waals surface area contributed by atoms with Crippen molar-refractivity contribution in [1.82, 2.24) is 4.98 Å². The zero-order valence-electron chi connectivity index (χ0n) is 21.0. The van der Waals surface area contributed by atoms with Crippen LogP contribution in [0, 0.1) is 11.3 Å². The molecule has 0 spiro atoms. The van der Waals surface area contributed by atoms with E-state index in [4.69, 9.17) is 9.98 Å². The van der Waals surface area contributed by atoms with E-state index in [9.17, 15) is 5.26 Å². The third-order valence-electron chi connectivity index (χ3n) is 7.92. The van der Waals surface area contributed by atoms with Crippen molar-refractivity contribution in [3.63, 3.8) is 0 Å². The molecule has 8 rings (SSSR count). The van der Waals surface area contributed by atoms with Crippen LogP contribution in [0.4, 0.5) is 5.69 Å². The number of para-hydroxylation sites is 1. The molecule has 0 amide bonds. The largest absolute Gasteiger partial charge is 0.316 e. The maximum Gasteiger partial charge on any atom is 0.137 e. The van der Waals surface area contributed by atoms with Crippen molar-refractivity contribution in [2.75, 3.05) is 4.90 Å². The number of hydrogen-bond donors (Lipinski definition) is 0. The highest BCUT2D eigenvalue weighted by atomic mass is 15.3. The minimum atomic E-state index is 0.0745. The Morgan fingerprint density at radius 3 is 2.38 bits per heavy atom. The highest BCUT2D eigenvalue weighted by Crippen LogP contribution is 2.45. The van der Waals surface area contributed by atoms with Crippen molar-refractivity contribution in [1.29, 1.82) is 5.26 Å². The monoisotopic (exact) mass is 498 g/mol. The molecule has 1 aliphatic carbocycles. The van der Waals surface area contributed by atoms with E-state index < -0.39 is 0 Å². The van der Waals surface area contributed by atoms with Gasteiger partial charge in [-0.3, -0.25) is 4.99 Å². The number of nitriles is 1. The minimum Gasteiger partial charge on any atom is -0.316 e. The lowest BCUT2D eigenvalue weighted by atomic mass is 9.88. The lowest BCUT2D eigenvalue weighted by molar-refractivity contribution is 0.739. The Morgan fingerprint density at radius 2 is 1.49 bits per heavy atom.